The van der Waals surface area contributed by atoms with E-state index < -0.39 is 40.4 Å². The minimum Gasteiger partial charge on any atom is -0.497 e. The van der Waals surface area contributed by atoms with E-state index in [0.29, 0.717) is 49.1 Å². The highest BCUT2D eigenvalue weighted by molar-refractivity contribution is 6.79. The summed E-state index contributed by atoms with van der Waals surface area (Å²) in [6.07, 6.45) is 7.17. The Balaban J connectivity index is 1.92. The highest BCUT2D eigenvalue weighted by atomic mass is 28.4. The quantitative estimate of drug-likeness (QED) is 0.0395. The predicted molar refractivity (Wildman–Crippen MR) is 296 cm³/mol. The third kappa shape index (κ3) is 17.0. The lowest BCUT2D eigenvalue weighted by atomic mass is 9.81. The number of aliphatic hydroxyl groups excluding tert-OH is 1. The van der Waals surface area contributed by atoms with E-state index in [9.17, 15) is 20.1 Å². The molecule has 0 spiro atoms. The molecule has 2 aromatic rings. The zero-order chi connectivity index (χ0) is 53.6. The normalized spacial score (nSPS) is 21.7. The average Bonchev–Trinajstić information content (AvgIpc) is 3.56. The van der Waals surface area contributed by atoms with Gasteiger partial charge in [0.2, 0.25) is 16.6 Å². The number of allylic oxidation sites excluding steroid dienone is 1. The molecule has 11 atom stereocenters. The summed E-state index contributed by atoms with van der Waals surface area (Å²) in [6, 6.07) is 16.0. The van der Waals surface area contributed by atoms with Crippen molar-refractivity contribution in [3.05, 3.63) is 94.2 Å². The van der Waals surface area contributed by atoms with Gasteiger partial charge in [-0.05, 0) is 129 Å². The van der Waals surface area contributed by atoms with E-state index in [0.717, 1.165) is 46.2 Å². The van der Waals surface area contributed by atoms with Gasteiger partial charge in [0, 0.05) is 35.9 Å². The van der Waals surface area contributed by atoms with Gasteiger partial charge < -0.3 is 43.1 Å². The van der Waals surface area contributed by atoms with Gasteiger partial charge in [0.15, 0.2) is 0 Å². The molecule has 0 amide bonds. The maximum absolute atomic E-state index is 11.9. The van der Waals surface area contributed by atoms with Crippen LogP contribution in [0, 0.1) is 29.6 Å². The molecular weight excluding hydrogens is 925 g/mol. The van der Waals surface area contributed by atoms with E-state index in [1.165, 1.54) is 11.6 Å². The molecule has 1 fully saturated rings. The Hall–Kier alpha value is -3.08. The number of aliphatic hydroxyl groups is 2. The summed E-state index contributed by atoms with van der Waals surface area (Å²) in [7, 11) is -1.35. The number of carboxylic acid groups (broad SMARTS) is 1. The zero-order valence-corrected chi connectivity index (χ0v) is 49.5. The van der Waals surface area contributed by atoms with Crippen molar-refractivity contribution in [2.24, 2.45) is 29.6 Å². The lowest BCUT2D eigenvalue weighted by Crippen LogP contribution is -2.52. The number of carbonyl (C=O) groups is 1. The second kappa shape index (κ2) is 28.0. The van der Waals surface area contributed by atoms with Crippen LogP contribution in [0.1, 0.15) is 147 Å². The molecule has 1 aliphatic rings. The number of hydrogen-bond acceptors (Lipinski definition) is 9. The number of benzene rings is 2. The second-order valence-electron chi connectivity index (χ2n) is 22.8. The van der Waals surface area contributed by atoms with Gasteiger partial charge in [-0.3, -0.25) is 0 Å². The number of hydrogen-bond donors (Lipinski definition) is 3. The van der Waals surface area contributed by atoms with E-state index in [-0.39, 0.29) is 47.9 Å². The first-order chi connectivity index (χ1) is 33.2. The molecule has 3 rings (SSSR count). The molecule has 12 heteroatoms. The first-order valence-corrected chi connectivity index (χ1v) is 31.8. The van der Waals surface area contributed by atoms with Crippen molar-refractivity contribution in [1.82, 2.24) is 0 Å². The third-order valence-electron chi connectivity index (χ3n) is 15.7. The third-order valence-corrected chi connectivity index (χ3v) is 24.6. The molecule has 10 nitrogen and oxygen atoms in total. The Labute approximate surface area is 433 Å². The molecule has 2 aromatic carbocycles. The molecule has 402 valence electrons. The Morgan fingerprint density at radius 1 is 0.789 bits per heavy atom. The van der Waals surface area contributed by atoms with Crippen molar-refractivity contribution in [2.75, 3.05) is 14.2 Å². The Morgan fingerprint density at radius 2 is 1.28 bits per heavy atom. The maximum Gasteiger partial charge on any atom is 0.327 e. The monoisotopic (exact) mass is 1020 g/mol. The van der Waals surface area contributed by atoms with Gasteiger partial charge in [0.05, 0.1) is 57.5 Å². The van der Waals surface area contributed by atoms with E-state index in [1.54, 1.807) is 21.1 Å². The summed E-state index contributed by atoms with van der Waals surface area (Å²) in [6.45, 7) is 38.1. The van der Waals surface area contributed by atoms with Crippen LogP contribution in [0.15, 0.2) is 83.1 Å². The fourth-order valence-corrected chi connectivity index (χ4v) is 20.7. The summed E-state index contributed by atoms with van der Waals surface area (Å²) in [4.78, 5) is 11.8. The van der Waals surface area contributed by atoms with Gasteiger partial charge >= 0.3 is 5.97 Å². The van der Waals surface area contributed by atoms with E-state index in [2.05, 4.69) is 101 Å². The molecule has 0 saturated carbocycles. The van der Waals surface area contributed by atoms with Gasteiger partial charge in [-0.15, -0.1) is 0 Å². The number of aliphatic carboxylic acids is 1. The van der Waals surface area contributed by atoms with Gasteiger partial charge in [0.1, 0.15) is 11.5 Å². The molecule has 0 aromatic heterocycles. The van der Waals surface area contributed by atoms with Crippen molar-refractivity contribution in [3.63, 3.8) is 0 Å². The summed E-state index contributed by atoms with van der Waals surface area (Å²) in [5, 5.41) is 34.4. The van der Waals surface area contributed by atoms with Crippen molar-refractivity contribution in [2.45, 2.75) is 215 Å². The maximum atomic E-state index is 11.9. The van der Waals surface area contributed by atoms with Crippen molar-refractivity contribution in [1.29, 1.82) is 0 Å². The standard InChI is InChI=1S/C59H98O10Si2/c1-20-51-54(34-55(61)62)70(18,19)69-58(51)59(15,63)35-41(9)22-31-52(60)45(13)56(66-36-47-23-27-49(64-16)28-24-47)43(11)32-42(10)33-44(12)57(67-37-48-25-29-50(65-17)30-26-48)46(14)53(21-2)68-71(38(3)4,39(5)6)40(7)8/h22-30,33-34,38-40,43-46,51-53,56-58,60,63H,20-21,31-32,35-37H2,1-19H3,(H,61,62)/b41-22+,42-33+,54-34+/t43-,44+,45+,46-,51+,52-,53+,56-,57-,58+,59?/m1/s1. The molecular formula is C59H98O10Si2. The summed E-state index contributed by atoms with van der Waals surface area (Å²) < 4.78 is 38.8. The minimum atomic E-state index is -2.51. The van der Waals surface area contributed by atoms with Crippen LogP contribution in [0.2, 0.25) is 29.7 Å². The average molecular weight is 1020 g/mol. The molecule has 1 saturated heterocycles. The summed E-state index contributed by atoms with van der Waals surface area (Å²) in [5.74, 6) is 0.450. The van der Waals surface area contributed by atoms with Crippen LogP contribution in [0.5, 0.6) is 11.5 Å². The van der Waals surface area contributed by atoms with Crippen molar-refractivity contribution >= 4 is 22.6 Å². The molecule has 1 aliphatic heterocycles. The van der Waals surface area contributed by atoms with Gasteiger partial charge in [-0.2, -0.15) is 0 Å². The van der Waals surface area contributed by atoms with Crippen LogP contribution < -0.4 is 9.47 Å². The summed E-state index contributed by atoms with van der Waals surface area (Å²) in [5.41, 5.74) is 4.47. The Bertz CT molecular complexity index is 1980. The number of carboxylic acids is 1. The van der Waals surface area contributed by atoms with Crippen LogP contribution in [0.25, 0.3) is 0 Å². The molecule has 0 bridgehead atoms. The molecule has 0 aliphatic carbocycles. The fourth-order valence-electron chi connectivity index (χ4n) is 12.1. The number of methoxy groups -OCH3 is 2. The zero-order valence-electron chi connectivity index (χ0n) is 47.5. The van der Waals surface area contributed by atoms with Crippen molar-refractivity contribution < 1.29 is 47.9 Å². The van der Waals surface area contributed by atoms with E-state index >= 15 is 0 Å². The fraction of sp³-hybridized carbons (Fsp3) is 0.678. The highest BCUT2D eigenvalue weighted by Crippen LogP contribution is 2.46. The molecule has 3 N–H and O–H groups in total. The van der Waals surface area contributed by atoms with Crippen LogP contribution in [-0.2, 0) is 36.3 Å². The van der Waals surface area contributed by atoms with E-state index in [1.807, 2.05) is 69.4 Å². The van der Waals surface area contributed by atoms with Gasteiger partial charge in [-0.25, -0.2) is 4.79 Å². The highest BCUT2D eigenvalue weighted by Gasteiger charge is 2.53. The molecule has 1 unspecified atom stereocenters. The predicted octanol–water partition coefficient (Wildman–Crippen LogP) is 14.0. The SMILES string of the molecule is CC[C@H](O[Si](C(C)C)(C(C)C)C(C)C)[C@@H](C)[C@H](OCc1ccc(OC)cc1)[C@@H](C)/C=C(\C)C[C@@H](C)[C@@H](OCc1ccc(OC)cc1)[C@@H](C)[C@H](O)C/C=C(\C)CC(C)(O)[C@H]1O[Si](C)(C)/C(=C/C(=O)O)[C@@H]1CC. The largest absolute Gasteiger partial charge is 0.497 e. The Kier molecular flexibility index (Phi) is 24.5. The first-order valence-electron chi connectivity index (χ1n) is 26.7. The first kappa shape index (κ1) is 62.2. The Morgan fingerprint density at radius 3 is 1.72 bits per heavy atom. The molecule has 71 heavy (non-hydrogen) atoms. The minimum absolute atomic E-state index is 0.0404. The number of ether oxygens (including phenoxy) is 4. The van der Waals surface area contributed by atoms with Crippen molar-refractivity contribution in [3.8, 4) is 11.5 Å². The smallest absolute Gasteiger partial charge is 0.327 e. The van der Waals surface area contributed by atoms with Crippen LogP contribution in [0.3, 0.4) is 0 Å². The summed E-state index contributed by atoms with van der Waals surface area (Å²) >= 11 is 0. The van der Waals surface area contributed by atoms with Crippen LogP contribution in [0.4, 0.5) is 0 Å². The van der Waals surface area contributed by atoms with Gasteiger partial charge in [0.25, 0.3) is 0 Å². The van der Waals surface area contributed by atoms with Gasteiger partial charge in [-0.1, -0.05) is 131 Å². The lowest BCUT2D eigenvalue weighted by Gasteiger charge is -2.47. The lowest BCUT2D eigenvalue weighted by molar-refractivity contribution is -0.131. The van der Waals surface area contributed by atoms with E-state index in [4.69, 9.17) is 27.8 Å². The molecule has 0 radical (unpaired) electrons. The van der Waals surface area contributed by atoms with Crippen LogP contribution >= 0.6 is 0 Å². The number of rotatable bonds is 30. The van der Waals surface area contributed by atoms with Crippen LogP contribution in [-0.4, -0.2) is 88.3 Å². The molecule has 1 heterocycles. The second-order valence-corrected chi connectivity index (χ2v) is 32.0. The topological polar surface area (TPSA) is 133 Å².